The second-order valence-corrected chi connectivity index (χ2v) is 7.37. The van der Waals surface area contributed by atoms with E-state index >= 15 is 0 Å². The zero-order valence-corrected chi connectivity index (χ0v) is 17.7. The maximum Gasteiger partial charge on any atom is 0.237 e. The Balaban J connectivity index is 1.65. The standard InChI is InChI=1S/C21H29N5O4/c1-25(6-4-15-12-23-24-13-15)20(27)11-19-21(28)22-5-7-26(19)14-16-8-17(29-2)10-18(9-16)30-3/h8-10,12-13,19H,4-7,11,14H2,1-3H3,(H,22,28)(H,23,24). The van der Waals surface area contributed by atoms with Gasteiger partial charge >= 0.3 is 0 Å². The molecule has 1 unspecified atom stereocenters. The van der Waals surface area contributed by atoms with Crippen molar-refractivity contribution in [2.24, 2.45) is 0 Å². The second-order valence-electron chi connectivity index (χ2n) is 7.37. The summed E-state index contributed by atoms with van der Waals surface area (Å²) in [6, 6.07) is 5.14. The van der Waals surface area contributed by atoms with E-state index in [1.54, 1.807) is 32.4 Å². The lowest BCUT2D eigenvalue weighted by Crippen LogP contribution is -2.56. The summed E-state index contributed by atoms with van der Waals surface area (Å²) in [6.07, 6.45) is 4.41. The number of piperazine rings is 1. The van der Waals surface area contributed by atoms with E-state index in [2.05, 4.69) is 15.5 Å². The van der Waals surface area contributed by atoms with Crippen LogP contribution < -0.4 is 14.8 Å². The number of carbonyl (C=O) groups excluding carboxylic acids is 2. The van der Waals surface area contributed by atoms with Crippen molar-refractivity contribution in [2.45, 2.75) is 25.4 Å². The first-order chi connectivity index (χ1) is 14.5. The van der Waals surface area contributed by atoms with Gasteiger partial charge in [0.25, 0.3) is 0 Å². The fourth-order valence-corrected chi connectivity index (χ4v) is 3.52. The van der Waals surface area contributed by atoms with Crippen molar-refractivity contribution in [3.05, 3.63) is 41.7 Å². The highest BCUT2D eigenvalue weighted by Gasteiger charge is 2.32. The Morgan fingerprint density at radius 3 is 2.60 bits per heavy atom. The van der Waals surface area contributed by atoms with Gasteiger partial charge in [-0.15, -0.1) is 0 Å². The molecular formula is C21H29N5O4. The summed E-state index contributed by atoms with van der Waals surface area (Å²) in [5, 5.41) is 9.56. The van der Waals surface area contributed by atoms with Gasteiger partial charge in [0, 0.05) is 45.5 Å². The van der Waals surface area contributed by atoms with Crippen molar-refractivity contribution in [3.8, 4) is 11.5 Å². The molecule has 1 saturated heterocycles. The number of benzene rings is 1. The minimum atomic E-state index is -0.514. The van der Waals surface area contributed by atoms with Gasteiger partial charge in [0.15, 0.2) is 0 Å². The smallest absolute Gasteiger partial charge is 0.237 e. The Morgan fingerprint density at radius 2 is 1.97 bits per heavy atom. The highest BCUT2D eigenvalue weighted by atomic mass is 16.5. The van der Waals surface area contributed by atoms with Crippen LogP contribution >= 0.6 is 0 Å². The highest BCUT2D eigenvalue weighted by molar-refractivity contribution is 5.88. The van der Waals surface area contributed by atoms with E-state index in [1.807, 2.05) is 29.3 Å². The topological polar surface area (TPSA) is 99.8 Å². The number of H-pyrrole nitrogens is 1. The minimum absolute atomic E-state index is 0.0613. The van der Waals surface area contributed by atoms with Crippen LogP contribution in [0.25, 0.3) is 0 Å². The molecule has 30 heavy (non-hydrogen) atoms. The fourth-order valence-electron chi connectivity index (χ4n) is 3.52. The predicted molar refractivity (Wildman–Crippen MR) is 111 cm³/mol. The molecule has 2 N–H and O–H groups in total. The van der Waals surface area contributed by atoms with Crippen molar-refractivity contribution >= 4 is 11.8 Å². The van der Waals surface area contributed by atoms with Crippen molar-refractivity contribution < 1.29 is 19.1 Å². The molecule has 1 fully saturated rings. The Kier molecular flexibility index (Phi) is 7.29. The number of nitrogens with one attached hydrogen (secondary N) is 2. The number of carbonyl (C=O) groups is 2. The van der Waals surface area contributed by atoms with Crippen LogP contribution in [0, 0.1) is 0 Å². The predicted octanol–water partition coefficient (Wildman–Crippen LogP) is 0.819. The number of aromatic nitrogens is 2. The minimum Gasteiger partial charge on any atom is -0.497 e. The number of methoxy groups -OCH3 is 2. The quantitative estimate of drug-likeness (QED) is 0.629. The third-order valence-electron chi connectivity index (χ3n) is 5.32. The molecule has 0 spiro atoms. The van der Waals surface area contributed by atoms with Gasteiger partial charge in [0.05, 0.1) is 32.9 Å². The fraction of sp³-hybridized carbons (Fsp3) is 0.476. The molecule has 162 valence electrons. The summed E-state index contributed by atoms with van der Waals surface area (Å²) in [7, 11) is 4.97. The summed E-state index contributed by atoms with van der Waals surface area (Å²) in [4.78, 5) is 29.0. The van der Waals surface area contributed by atoms with Gasteiger partial charge < -0.3 is 19.7 Å². The molecule has 0 aliphatic carbocycles. The molecular weight excluding hydrogens is 386 g/mol. The molecule has 1 aliphatic rings. The number of ether oxygens (including phenoxy) is 2. The van der Waals surface area contributed by atoms with Gasteiger partial charge in [-0.2, -0.15) is 5.10 Å². The highest BCUT2D eigenvalue weighted by Crippen LogP contribution is 2.24. The van der Waals surface area contributed by atoms with Crippen LogP contribution in [0.15, 0.2) is 30.6 Å². The lowest BCUT2D eigenvalue weighted by molar-refractivity contribution is -0.138. The van der Waals surface area contributed by atoms with E-state index < -0.39 is 6.04 Å². The van der Waals surface area contributed by atoms with Crippen molar-refractivity contribution in [1.82, 2.24) is 25.3 Å². The maximum absolute atomic E-state index is 12.8. The summed E-state index contributed by atoms with van der Waals surface area (Å²) in [6.45, 7) is 2.32. The third kappa shape index (κ3) is 5.50. The van der Waals surface area contributed by atoms with Gasteiger partial charge in [-0.25, -0.2) is 0 Å². The SMILES string of the molecule is COc1cc(CN2CCNC(=O)C2CC(=O)N(C)CCc2cn[nH]c2)cc(OC)c1. The lowest BCUT2D eigenvalue weighted by Gasteiger charge is -2.35. The number of nitrogens with zero attached hydrogens (tertiary/aromatic N) is 3. The lowest BCUT2D eigenvalue weighted by atomic mass is 10.1. The Bertz CT molecular complexity index is 833. The molecule has 2 amide bonds. The van der Waals surface area contributed by atoms with Crippen LogP contribution in [0.5, 0.6) is 11.5 Å². The maximum atomic E-state index is 12.8. The van der Waals surface area contributed by atoms with Crippen molar-refractivity contribution in [2.75, 3.05) is 40.9 Å². The number of amides is 2. The largest absolute Gasteiger partial charge is 0.497 e. The molecule has 1 aromatic carbocycles. The van der Waals surface area contributed by atoms with Crippen molar-refractivity contribution in [3.63, 3.8) is 0 Å². The molecule has 2 heterocycles. The number of aromatic amines is 1. The molecule has 1 atom stereocenters. The number of likely N-dealkylation sites (N-methyl/N-ethyl adjacent to an activating group) is 1. The zero-order chi connectivity index (χ0) is 21.5. The van der Waals surface area contributed by atoms with E-state index in [1.165, 1.54) is 0 Å². The van der Waals surface area contributed by atoms with Gasteiger partial charge in [-0.3, -0.25) is 19.6 Å². The Labute approximate surface area is 176 Å². The van der Waals surface area contributed by atoms with Crippen LogP contribution in [0.3, 0.4) is 0 Å². The first-order valence-electron chi connectivity index (χ1n) is 9.95. The number of hydrogen-bond acceptors (Lipinski definition) is 6. The number of hydrogen-bond donors (Lipinski definition) is 2. The summed E-state index contributed by atoms with van der Waals surface area (Å²) >= 11 is 0. The summed E-state index contributed by atoms with van der Waals surface area (Å²) < 4.78 is 10.7. The first-order valence-corrected chi connectivity index (χ1v) is 9.95. The van der Waals surface area contributed by atoms with E-state index in [4.69, 9.17) is 9.47 Å². The summed E-state index contributed by atoms with van der Waals surface area (Å²) in [5.41, 5.74) is 2.00. The Morgan fingerprint density at radius 1 is 1.23 bits per heavy atom. The van der Waals surface area contributed by atoms with E-state index in [0.717, 1.165) is 11.1 Å². The van der Waals surface area contributed by atoms with Crippen LogP contribution in [-0.2, 0) is 22.6 Å². The van der Waals surface area contributed by atoms with Crippen LogP contribution in [0.2, 0.25) is 0 Å². The van der Waals surface area contributed by atoms with E-state index in [9.17, 15) is 9.59 Å². The molecule has 3 rings (SSSR count). The Hall–Kier alpha value is -3.07. The monoisotopic (exact) mass is 415 g/mol. The molecule has 0 bridgehead atoms. The zero-order valence-electron chi connectivity index (χ0n) is 17.7. The molecule has 1 aromatic heterocycles. The molecule has 9 nitrogen and oxygen atoms in total. The molecule has 0 radical (unpaired) electrons. The molecule has 9 heteroatoms. The van der Waals surface area contributed by atoms with Crippen LogP contribution in [0.1, 0.15) is 17.5 Å². The first kappa shape index (κ1) is 21.6. The average molecular weight is 415 g/mol. The molecule has 1 aliphatic heterocycles. The van der Waals surface area contributed by atoms with E-state index in [-0.39, 0.29) is 18.2 Å². The van der Waals surface area contributed by atoms with E-state index in [0.29, 0.717) is 44.1 Å². The van der Waals surface area contributed by atoms with Gasteiger partial charge in [0.1, 0.15) is 11.5 Å². The van der Waals surface area contributed by atoms with Crippen molar-refractivity contribution in [1.29, 1.82) is 0 Å². The van der Waals surface area contributed by atoms with Gasteiger partial charge in [-0.05, 0) is 29.7 Å². The molecule has 0 saturated carbocycles. The average Bonchev–Trinajstić information content (AvgIpc) is 3.27. The van der Waals surface area contributed by atoms with Gasteiger partial charge in [0.2, 0.25) is 11.8 Å². The van der Waals surface area contributed by atoms with Crippen LogP contribution in [0.4, 0.5) is 0 Å². The molecule has 2 aromatic rings. The second kappa shape index (κ2) is 10.1. The third-order valence-corrected chi connectivity index (χ3v) is 5.32. The van der Waals surface area contributed by atoms with Gasteiger partial charge in [-0.1, -0.05) is 0 Å². The normalized spacial score (nSPS) is 16.8. The number of rotatable bonds is 9. The van der Waals surface area contributed by atoms with Crippen LogP contribution in [-0.4, -0.2) is 78.8 Å². The summed E-state index contributed by atoms with van der Waals surface area (Å²) in [5.74, 6) is 1.20.